The Kier molecular flexibility index (Phi) is 4.70. The van der Waals surface area contributed by atoms with E-state index in [0.29, 0.717) is 6.42 Å². The lowest BCUT2D eigenvalue weighted by Crippen LogP contribution is -2.49. The molecular weight excluding hydrogens is 268 g/mol. The summed E-state index contributed by atoms with van der Waals surface area (Å²) < 4.78 is 1.55. The molecule has 1 heterocycles. The summed E-state index contributed by atoms with van der Waals surface area (Å²) in [5, 5.41) is 16.4. The fraction of sp³-hybridized carbons (Fsp3) is 0.400. The third-order valence-electron chi connectivity index (χ3n) is 3.28. The average Bonchev–Trinajstić information content (AvgIpc) is 2.98. The van der Waals surface area contributed by atoms with E-state index in [0.717, 1.165) is 12.1 Å². The number of carbonyl (C=O) groups is 1. The van der Waals surface area contributed by atoms with Crippen LogP contribution in [-0.2, 0) is 0 Å². The van der Waals surface area contributed by atoms with Gasteiger partial charge in [0.2, 0.25) is 5.82 Å². The van der Waals surface area contributed by atoms with Gasteiger partial charge in [0, 0.05) is 0 Å². The molecule has 21 heavy (non-hydrogen) atoms. The highest BCUT2D eigenvalue weighted by atomic mass is 16.3. The van der Waals surface area contributed by atoms with Crippen LogP contribution in [0, 0.1) is 0 Å². The quantitative estimate of drug-likeness (QED) is 0.845. The van der Waals surface area contributed by atoms with E-state index >= 15 is 0 Å². The van der Waals surface area contributed by atoms with Crippen LogP contribution in [0.15, 0.2) is 36.7 Å². The van der Waals surface area contributed by atoms with Gasteiger partial charge in [0.05, 0.1) is 17.8 Å². The van der Waals surface area contributed by atoms with Crippen molar-refractivity contribution in [2.75, 3.05) is 6.61 Å². The molecule has 0 spiro atoms. The number of amides is 1. The van der Waals surface area contributed by atoms with E-state index in [1.807, 2.05) is 44.2 Å². The molecule has 0 aliphatic heterocycles. The predicted octanol–water partition coefficient (Wildman–Crippen LogP) is 1.55. The molecule has 2 aromatic rings. The van der Waals surface area contributed by atoms with Crippen LogP contribution in [0.5, 0.6) is 0 Å². The number of nitrogens with one attached hydrogen (secondary N) is 1. The second kappa shape index (κ2) is 6.49. The second-order valence-electron chi connectivity index (χ2n) is 5.27. The molecule has 2 N–H and O–H groups in total. The van der Waals surface area contributed by atoms with Gasteiger partial charge in [-0.25, -0.2) is 9.67 Å². The summed E-state index contributed by atoms with van der Waals surface area (Å²) in [6, 6.07) is 9.45. The normalized spacial score (nSPS) is 13.7. The zero-order valence-corrected chi connectivity index (χ0v) is 12.3. The maximum absolute atomic E-state index is 12.2. The minimum Gasteiger partial charge on any atom is -0.394 e. The second-order valence-corrected chi connectivity index (χ2v) is 5.27. The Morgan fingerprint density at radius 1 is 1.38 bits per heavy atom. The summed E-state index contributed by atoms with van der Waals surface area (Å²) in [5.74, 6) is -0.288. The van der Waals surface area contributed by atoms with E-state index in [9.17, 15) is 9.90 Å². The molecule has 0 unspecified atom stereocenters. The Morgan fingerprint density at radius 2 is 2.10 bits per heavy atom. The van der Waals surface area contributed by atoms with Crippen LogP contribution >= 0.6 is 0 Å². The molecule has 0 radical (unpaired) electrons. The summed E-state index contributed by atoms with van der Waals surface area (Å²) >= 11 is 0. The van der Waals surface area contributed by atoms with Gasteiger partial charge in [0.25, 0.3) is 5.91 Å². The van der Waals surface area contributed by atoms with Crippen molar-refractivity contribution in [2.24, 2.45) is 0 Å². The van der Waals surface area contributed by atoms with Crippen molar-refractivity contribution >= 4 is 5.91 Å². The Hall–Kier alpha value is -2.21. The molecule has 0 fully saturated rings. The number of nitrogens with zero attached hydrogens (tertiary/aromatic N) is 3. The van der Waals surface area contributed by atoms with Crippen molar-refractivity contribution in [3.05, 3.63) is 42.5 Å². The minimum atomic E-state index is -0.649. The van der Waals surface area contributed by atoms with E-state index < -0.39 is 5.54 Å². The maximum Gasteiger partial charge on any atom is 0.291 e. The third-order valence-corrected chi connectivity index (χ3v) is 3.28. The number of aliphatic hydroxyl groups is 1. The summed E-state index contributed by atoms with van der Waals surface area (Å²) in [5.41, 5.74) is 0.187. The van der Waals surface area contributed by atoms with Crippen LogP contribution in [0.2, 0.25) is 0 Å². The van der Waals surface area contributed by atoms with Crippen molar-refractivity contribution < 1.29 is 9.90 Å². The largest absolute Gasteiger partial charge is 0.394 e. The van der Waals surface area contributed by atoms with Crippen molar-refractivity contribution in [1.82, 2.24) is 20.1 Å². The highest BCUT2D eigenvalue weighted by Crippen LogP contribution is 2.12. The molecular formula is C15H20N4O2. The van der Waals surface area contributed by atoms with Gasteiger partial charge in [-0.3, -0.25) is 4.79 Å². The number of aliphatic hydroxyl groups excluding tert-OH is 1. The Bertz CT molecular complexity index is 597. The van der Waals surface area contributed by atoms with Crippen LogP contribution in [0.25, 0.3) is 5.69 Å². The lowest BCUT2D eigenvalue weighted by molar-refractivity contribution is 0.0830. The SMILES string of the molecule is CCC[C@@](C)(CO)NC(=O)c1ncn(-c2ccccc2)n1. The van der Waals surface area contributed by atoms with Crippen molar-refractivity contribution in [3.63, 3.8) is 0 Å². The number of rotatable bonds is 6. The average molecular weight is 288 g/mol. The lowest BCUT2D eigenvalue weighted by atomic mass is 9.97. The molecule has 0 saturated heterocycles. The molecule has 6 heteroatoms. The smallest absolute Gasteiger partial charge is 0.291 e. The molecule has 2 rings (SSSR count). The first-order chi connectivity index (χ1) is 10.1. The van der Waals surface area contributed by atoms with Gasteiger partial charge in [-0.1, -0.05) is 31.5 Å². The number of para-hydroxylation sites is 1. The lowest BCUT2D eigenvalue weighted by Gasteiger charge is -2.27. The van der Waals surface area contributed by atoms with Gasteiger partial charge in [-0.2, -0.15) is 0 Å². The summed E-state index contributed by atoms with van der Waals surface area (Å²) in [4.78, 5) is 16.2. The fourth-order valence-electron chi connectivity index (χ4n) is 2.14. The summed E-state index contributed by atoms with van der Waals surface area (Å²) in [7, 11) is 0. The number of aromatic nitrogens is 3. The molecule has 1 atom stereocenters. The molecule has 0 saturated carbocycles. The third kappa shape index (κ3) is 3.66. The fourth-order valence-corrected chi connectivity index (χ4v) is 2.14. The zero-order chi connectivity index (χ0) is 15.3. The number of carbonyl (C=O) groups excluding carboxylic acids is 1. The van der Waals surface area contributed by atoms with Crippen LogP contribution < -0.4 is 5.32 Å². The molecule has 6 nitrogen and oxygen atoms in total. The van der Waals surface area contributed by atoms with Gasteiger partial charge in [0.1, 0.15) is 6.33 Å². The topological polar surface area (TPSA) is 80.0 Å². The molecule has 0 bridgehead atoms. The molecule has 0 aliphatic rings. The van der Waals surface area contributed by atoms with E-state index in [4.69, 9.17) is 0 Å². The molecule has 1 amide bonds. The molecule has 1 aromatic carbocycles. The summed E-state index contributed by atoms with van der Waals surface area (Å²) in [6.45, 7) is 3.69. The Labute approximate surface area is 123 Å². The van der Waals surface area contributed by atoms with Gasteiger partial charge in [-0.15, -0.1) is 5.10 Å². The Morgan fingerprint density at radius 3 is 2.71 bits per heavy atom. The van der Waals surface area contributed by atoms with Crippen molar-refractivity contribution in [2.45, 2.75) is 32.2 Å². The van der Waals surface area contributed by atoms with E-state index in [1.165, 1.54) is 6.33 Å². The standard InChI is InChI=1S/C15H20N4O2/c1-3-9-15(2,10-20)17-14(21)13-16-11-19(18-13)12-7-5-4-6-8-12/h4-8,11,20H,3,9-10H2,1-2H3,(H,17,21)/t15-/m0/s1. The van der Waals surface area contributed by atoms with Crippen LogP contribution in [0.1, 0.15) is 37.3 Å². The van der Waals surface area contributed by atoms with E-state index in [2.05, 4.69) is 15.4 Å². The molecule has 112 valence electrons. The van der Waals surface area contributed by atoms with Gasteiger partial charge >= 0.3 is 0 Å². The van der Waals surface area contributed by atoms with Crippen molar-refractivity contribution in [1.29, 1.82) is 0 Å². The first kappa shape index (κ1) is 15.2. The zero-order valence-electron chi connectivity index (χ0n) is 12.3. The maximum atomic E-state index is 12.2. The van der Waals surface area contributed by atoms with E-state index in [1.54, 1.807) is 4.68 Å². The molecule has 1 aromatic heterocycles. The first-order valence-corrected chi connectivity index (χ1v) is 6.98. The van der Waals surface area contributed by atoms with Crippen LogP contribution in [-0.4, -0.2) is 37.9 Å². The van der Waals surface area contributed by atoms with Crippen molar-refractivity contribution in [3.8, 4) is 5.69 Å². The highest BCUT2D eigenvalue weighted by molar-refractivity contribution is 5.90. The van der Waals surface area contributed by atoms with Gasteiger partial charge in [-0.05, 0) is 25.5 Å². The van der Waals surface area contributed by atoms with Gasteiger partial charge < -0.3 is 10.4 Å². The minimum absolute atomic E-state index is 0.0923. The van der Waals surface area contributed by atoms with Gasteiger partial charge in [0.15, 0.2) is 0 Å². The number of hydrogen-bond donors (Lipinski definition) is 2. The number of benzene rings is 1. The first-order valence-electron chi connectivity index (χ1n) is 6.98. The predicted molar refractivity (Wildman–Crippen MR) is 79.2 cm³/mol. The highest BCUT2D eigenvalue weighted by Gasteiger charge is 2.26. The summed E-state index contributed by atoms with van der Waals surface area (Å²) in [6.07, 6.45) is 3.05. The number of hydrogen-bond acceptors (Lipinski definition) is 4. The monoisotopic (exact) mass is 288 g/mol. The van der Waals surface area contributed by atoms with Crippen LogP contribution in [0.4, 0.5) is 0 Å². The van der Waals surface area contributed by atoms with E-state index in [-0.39, 0.29) is 18.3 Å². The Balaban J connectivity index is 2.12. The molecule has 0 aliphatic carbocycles. The van der Waals surface area contributed by atoms with Crippen LogP contribution in [0.3, 0.4) is 0 Å².